The van der Waals surface area contributed by atoms with E-state index in [9.17, 15) is 28.4 Å². The highest BCUT2D eigenvalue weighted by Gasteiger charge is 2.33. The number of benzene rings is 4. The number of Topliss-reactive ketones (excluding diaryl/α,β-unsaturated/α-hetero) is 2. The van der Waals surface area contributed by atoms with E-state index in [1.807, 2.05) is 48.6 Å². The van der Waals surface area contributed by atoms with Crippen molar-refractivity contribution < 1.29 is 42.6 Å². The summed E-state index contributed by atoms with van der Waals surface area (Å²) in [7, 11) is 1.75. The Bertz CT molecular complexity index is 5620. The maximum Gasteiger partial charge on any atom is 0.226 e. The summed E-state index contributed by atoms with van der Waals surface area (Å²) >= 11 is 13.7. The van der Waals surface area contributed by atoms with E-state index >= 15 is 0 Å². The predicted octanol–water partition coefficient (Wildman–Crippen LogP) is 23.1. The third-order valence-electron chi connectivity index (χ3n) is 24.6. The monoisotopic (exact) mass is 1910 g/mol. The first-order chi connectivity index (χ1) is 63.1. The standard InChI is InChI=1S/C31H46N4O4S2.C24H30N4O2S2.C23H27FN2OS2.C23H28N2OS2/c1-4-5-16-37-18-20-39-21-19-38-17-8-13-32-14-11-28(36)34-31-29(30-33-25-9-6-7-10-26(25)40-30)24-12-15-35(23(2)3)22-27(24)41-31;1-5-21(30)27(4)12-11-20(29)26-24-22(23-25-17-8-6-7-9-18(17)31-23)16-10-13-28(15(2)3)14-19(16)32-24;1-3-14(2)5-4-6-16(27)12-20-22(17-9-10-25-13-21(17)28-20)23-26-18-11-15(24)7-8-19(18)29-23;1-3-15(2)7-6-8-16(26)13-20-22(17-11-12-24-14-21(17)27-20)23-25-18-9-4-5-10-19(18)28-23/h6-7,9-10,23,32H,4-5,8,11-22H2,1-3H3,(H,34,36);6-9,15H,5,10-14H2,1-4H3,(H,26,29);7-8,11,14,25H,3-6,9-10,12-13H2,1-2H3;4-5,9-10,15,24H,3,6-8,11-14H2,1-2H3. The first-order valence-electron chi connectivity index (χ1n) is 47.0. The van der Waals surface area contributed by atoms with Crippen molar-refractivity contribution in [2.45, 2.75) is 236 Å². The maximum absolute atomic E-state index is 13.6. The van der Waals surface area contributed by atoms with Crippen LogP contribution in [0.15, 0.2) is 91.0 Å². The minimum Gasteiger partial charge on any atom is -0.379 e. The van der Waals surface area contributed by atoms with Gasteiger partial charge < -0.3 is 45.7 Å². The van der Waals surface area contributed by atoms with Crippen molar-refractivity contribution in [3.63, 3.8) is 0 Å². The first-order valence-corrected chi connectivity index (χ1v) is 53.6. The number of amides is 3. The summed E-state index contributed by atoms with van der Waals surface area (Å²) in [6.07, 6.45) is 17.2. The summed E-state index contributed by atoms with van der Waals surface area (Å²) in [5, 5.41) is 22.5. The van der Waals surface area contributed by atoms with Gasteiger partial charge in [0, 0.05) is 187 Å². The van der Waals surface area contributed by atoms with E-state index in [2.05, 4.69) is 141 Å². The highest BCUT2D eigenvalue weighted by atomic mass is 32.1. The van der Waals surface area contributed by atoms with Gasteiger partial charge in [0.2, 0.25) is 17.7 Å². The van der Waals surface area contributed by atoms with E-state index < -0.39 is 0 Å². The third kappa shape index (κ3) is 27.5. The Kier molecular flexibility index (Phi) is 38.7. The molecule has 0 fully saturated rings. The molecule has 5 N–H and O–H groups in total. The fraction of sp³-hybridized carbons (Fsp3) is 0.515. The lowest BCUT2D eigenvalue weighted by molar-refractivity contribution is -0.130. The molecule has 698 valence electrons. The van der Waals surface area contributed by atoms with Crippen LogP contribution in [0.5, 0.6) is 0 Å². The van der Waals surface area contributed by atoms with E-state index in [4.69, 9.17) is 34.1 Å². The predicted molar refractivity (Wildman–Crippen MR) is 544 cm³/mol. The number of para-hydroxylation sites is 3. The second-order valence-electron chi connectivity index (χ2n) is 34.9. The topological polar surface area (TPSA) is 234 Å². The molecule has 12 heterocycles. The number of hydrogen-bond donors (Lipinski definition) is 5. The Morgan fingerprint density at radius 1 is 0.469 bits per heavy atom. The van der Waals surface area contributed by atoms with E-state index in [0.717, 1.165) is 214 Å². The van der Waals surface area contributed by atoms with Crippen molar-refractivity contribution in [2.24, 2.45) is 11.8 Å². The molecule has 12 aromatic rings. The van der Waals surface area contributed by atoms with Gasteiger partial charge in [0.1, 0.15) is 47.4 Å². The van der Waals surface area contributed by atoms with E-state index in [0.29, 0.717) is 126 Å². The Balaban J connectivity index is 0.000000149. The van der Waals surface area contributed by atoms with Gasteiger partial charge in [-0.15, -0.1) is 90.7 Å². The van der Waals surface area contributed by atoms with Crippen LogP contribution >= 0.6 is 90.7 Å². The zero-order valence-corrected chi connectivity index (χ0v) is 84.2. The van der Waals surface area contributed by atoms with Crippen LogP contribution < -0.4 is 26.6 Å². The SMILES string of the molecule is CCC(=O)N(C)CCC(=O)Nc1sc2c(c1-c1nc3ccccc3s1)CCN(C(C)C)C2.CCC(C)CCCC(=O)Cc1sc2c(c1-c1nc3cc(F)ccc3s1)CCNC2.CCC(C)CCCC(=O)Cc1sc2c(c1-c1nc3ccccc3s1)CCNC2.CCCCOCCOCCOCCCNCCC(=O)Nc1sc2c(c1-c1nc3ccccc3s1)CCN(C(C)C)C2. The number of ether oxygens (including phenoxy) is 3. The Morgan fingerprint density at radius 2 is 0.892 bits per heavy atom. The van der Waals surface area contributed by atoms with Crippen LogP contribution in [0.2, 0.25) is 0 Å². The molecule has 130 heavy (non-hydrogen) atoms. The number of unbranched alkanes of at least 4 members (excludes halogenated alkanes) is 1. The second-order valence-corrected chi connectivity index (χ2v) is 43.6. The van der Waals surface area contributed by atoms with Crippen LogP contribution in [0.1, 0.15) is 211 Å². The smallest absolute Gasteiger partial charge is 0.226 e. The molecule has 2 atom stereocenters. The molecule has 0 bridgehead atoms. The summed E-state index contributed by atoms with van der Waals surface area (Å²) in [4.78, 5) is 96.9. The molecule has 3 amide bonds. The zero-order chi connectivity index (χ0) is 91.6. The fourth-order valence-corrected chi connectivity index (χ4v) is 26.3. The Labute approximate surface area is 799 Å². The molecule has 0 saturated carbocycles. The van der Waals surface area contributed by atoms with Gasteiger partial charge in [0.05, 0.1) is 67.3 Å². The summed E-state index contributed by atoms with van der Waals surface area (Å²) < 4.78 is 34.8. The molecule has 0 saturated heterocycles. The number of anilines is 2. The number of aromatic nitrogens is 4. The van der Waals surface area contributed by atoms with Crippen LogP contribution in [-0.4, -0.2) is 169 Å². The number of halogens is 1. The lowest BCUT2D eigenvalue weighted by Gasteiger charge is -2.30. The van der Waals surface area contributed by atoms with Crippen molar-refractivity contribution in [1.82, 2.24) is 50.6 Å². The van der Waals surface area contributed by atoms with Crippen LogP contribution in [0, 0.1) is 17.7 Å². The number of hydrogen-bond acceptors (Lipinski definition) is 25. The number of fused-ring (bicyclic) bond motifs is 8. The average molecular weight is 1920 g/mol. The van der Waals surface area contributed by atoms with Crippen LogP contribution in [0.25, 0.3) is 83.2 Å². The minimum atomic E-state index is -0.261. The number of thiazole rings is 4. The largest absolute Gasteiger partial charge is 0.379 e. The number of nitrogens with one attached hydrogen (secondary N) is 5. The van der Waals surface area contributed by atoms with Crippen LogP contribution in [0.4, 0.5) is 14.4 Å². The lowest BCUT2D eigenvalue weighted by atomic mass is 9.98. The van der Waals surface area contributed by atoms with Gasteiger partial charge in [-0.3, -0.25) is 33.8 Å². The van der Waals surface area contributed by atoms with Gasteiger partial charge in [-0.1, -0.05) is 110 Å². The molecule has 2 unspecified atom stereocenters. The van der Waals surface area contributed by atoms with Gasteiger partial charge in [-0.05, 0) is 181 Å². The molecule has 20 nitrogen and oxygen atoms in total. The number of thiophene rings is 4. The normalized spacial score (nSPS) is 14.3. The zero-order valence-electron chi connectivity index (χ0n) is 77.7. The molecule has 0 aliphatic carbocycles. The van der Waals surface area contributed by atoms with Crippen molar-refractivity contribution in [3.8, 4) is 42.3 Å². The average Bonchev–Trinajstić information content (AvgIpc) is 1.62. The molecule has 0 radical (unpaired) electrons. The molecule has 29 heteroatoms. The summed E-state index contributed by atoms with van der Waals surface area (Å²) in [5.41, 5.74) is 13.8. The van der Waals surface area contributed by atoms with Gasteiger partial charge >= 0.3 is 0 Å². The van der Waals surface area contributed by atoms with E-state index in [-0.39, 0.29) is 30.0 Å². The molecule has 0 spiro atoms. The molecule has 16 rings (SSSR count). The molecule has 4 aliphatic heterocycles. The van der Waals surface area contributed by atoms with Gasteiger partial charge in [0.15, 0.2) is 0 Å². The Morgan fingerprint density at radius 3 is 1.34 bits per heavy atom. The first kappa shape index (κ1) is 100. The minimum absolute atomic E-state index is 0.0336. The molecule has 4 aromatic carbocycles. The summed E-state index contributed by atoms with van der Waals surface area (Å²) in [6, 6.07) is 30.5. The van der Waals surface area contributed by atoms with Gasteiger partial charge in [0.25, 0.3) is 0 Å². The fourth-order valence-electron chi connectivity index (χ4n) is 16.5. The highest BCUT2D eigenvalue weighted by Crippen LogP contribution is 2.50. The number of nitrogens with zero attached hydrogens (tertiary/aromatic N) is 7. The van der Waals surface area contributed by atoms with Gasteiger partial charge in [-0.25, -0.2) is 24.3 Å². The highest BCUT2D eigenvalue weighted by molar-refractivity contribution is 7.24. The molecular formula is C101H131FN12O8S8. The Hall–Kier alpha value is -7.40. The quantitative estimate of drug-likeness (QED) is 0.0224. The number of carbonyl (C=O) groups is 5. The second kappa shape index (κ2) is 50.3. The van der Waals surface area contributed by atoms with Crippen LogP contribution in [0.3, 0.4) is 0 Å². The maximum atomic E-state index is 13.6. The van der Waals surface area contributed by atoms with Crippen molar-refractivity contribution >= 4 is 171 Å². The molecule has 8 aromatic heterocycles. The molecule has 4 aliphatic rings. The van der Waals surface area contributed by atoms with E-state index in [1.165, 1.54) is 86.6 Å². The lowest BCUT2D eigenvalue weighted by Crippen LogP contribution is -2.35. The van der Waals surface area contributed by atoms with Crippen molar-refractivity contribution in [3.05, 3.63) is 148 Å². The number of ketones is 2. The summed E-state index contributed by atoms with van der Waals surface area (Å²) in [6.45, 7) is 35.3. The van der Waals surface area contributed by atoms with Gasteiger partial charge in [-0.2, -0.15) is 0 Å². The summed E-state index contributed by atoms with van der Waals surface area (Å²) in [5.74, 6) is 1.84. The third-order valence-corrected chi connectivity index (χ3v) is 33.5. The van der Waals surface area contributed by atoms with E-state index in [1.54, 1.807) is 97.4 Å². The number of rotatable bonds is 42. The van der Waals surface area contributed by atoms with Crippen molar-refractivity contribution in [2.75, 3.05) is 103 Å². The van der Waals surface area contributed by atoms with Crippen molar-refractivity contribution in [1.29, 1.82) is 0 Å². The number of carbonyl (C=O) groups excluding carboxylic acids is 5. The molecular weight excluding hydrogens is 1780 g/mol. The van der Waals surface area contributed by atoms with Crippen LogP contribution in [-0.2, 0) is 103 Å².